The van der Waals surface area contributed by atoms with E-state index in [-0.39, 0.29) is 0 Å². The van der Waals surface area contributed by atoms with Crippen LogP contribution in [0.1, 0.15) is 30.0 Å². The number of anilines is 2. The van der Waals surface area contributed by atoms with E-state index in [1.807, 2.05) is 12.1 Å². The van der Waals surface area contributed by atoms with Crippen LogP contribution in [0, 0.1) is 0 Å². The van der Waals surface area contributed by atoms with Gasteiger partial charge in [-0.25, -0.2) is 9.97 Å². The van der Waals surface area contributed by atoms with E-state index in [2.05, 4.69) is 58.9 Å². The van der Waals surface area contributed by atoms with Crippen molar-refractivity contribution in [1.82, 2.24) is 19.3 Å². The molecule has 0 radical (unpaired) electrons. The van der Waals surface area contributed by atoms with E-state index in [1.165, 1.54) is 24.1 Å². The van der Waals surface area contributed by atoms with Gasteiger partial charge in [0, 0.05) is 50.5 Å². The smallest absolute Gasteiger partial charge is 0.160 e. The number of hydrogen-bond acceptors (Lipinski definition) is 6. The molecule has 1 N–H and O–H groups in total. The Bertz CT molecular complexity index is 1080. The molecule has 31 heavy (non-hydrogen) atoms. The van der Waals surface area contributed by atoms with Crippen LogP contribution in [0.5, 0.6) is 0 Å². The molecule has 2 saturated heterocycles. The molecule has 162 valence electrons. The zero-order chi connectivity index (χ0) is 20.8. The summed E-state index contributed by atoms with van der Waals surface area (Å²) in [6.45, 7) is 6.77. The van der Waals surface area contributed by atoms with Gasteiger partial charge in [0.05, 0.1) is 37.2 Å². The number of piperazine rings is 1. The van der Waals surface area contributed by atoms with Gasteiger partial charge in [0.25, 0.3) is 0 Å². The third-order valence-electron chi connectivity index (χ3n) is 6.64. The molecule has 2 aliphatic heterocycles. The number of pyridine rings is 2. The average Bonchev–Trinajstić information content (AvgIpc) is 3.51. The lowest BCUT2D eigenvalue weighted by atomic mass is 10.1. The Labute approximate surface area is 190 Å². The third kappa shape index (κ3) is 4.04. The molecular formula is C23H27BrN6O. The minimum Gasteiger partial charge on any atom is -0.379 e. The summed E-state index contributed by atoms with van der Waals surface area (Å²) in [6, 6.07) is 6.99. The van der Waals surface area contributed by atoms with Crippen molar-refractivity contribution in [3.8, 4) is 0 Å². The molecule has 0 amide bonds. The molecule has 3 aromatic heterocycles. The highest BCUT2D eigenvalue weighted by molar-refractivity contribution is 9.10. The molecule has 0 aromatic carbocycles. The maximum atomic E-state index is 5.39. The standard InChI is InChI=1S/C23H27BrN6O/c24-22-10-18(3-4-25-22)26-11-19-13-30-12-17(16-1-2-16)9-21(23(30)27-19)29-7-5-28(6-8-29)20-14-31-15-20/h3-4,9-10,12-13,16,20H,1-2,5-8,11,14-15H2,(H,25,26). The van der Waals surface area contributed by atoms with Gasteiger partial charge >= 0.3 is 0 Å². The highest BCUT2D eigenvalue weighted by Crippen LogP contribution is 2.42. The van der Waals surface area contributed by atoms with Crippen molar-refractivity contribution in [1.29, 1.82) is 0 Å². The van der Waals surface area contributed by atoms with E-state index < -0.39 is 0 Å². The largest absolute Gasteiger partial charge is 0.379 e. The fourth-order valence-corrected chi connectivity index (χ4v) is 4.94. The highest BCUT2D eigenvalue weighted by Gasteiger charge is 2.31. The molecule has 3 aromatic rings. The summed E-state index contributed by atoms with van der Waals surface area (Å²) in [5.41, 5.74) is 5.89. The maximum absolute atomic E-state index is 5.39. The van der Waals surface area contributed by atoms with E-state index in [0.717, 1.165) is 66.9 Å². The molecule has 0 bridgehead atoms. The summed E-state index contributed by atoms with van der Waals surface area (Å²) in [5.74, 6) is 0.717. The number of fused-ring (bicyclic) bond motifs is 1. The number of ether oxygens (including phenoxy) is 1. The molecule has 0 unspecified atom stereocenters. The lowest BCUT2D eigenvalue weighted by molar-refractivity contribution is -0.0660. The fraction of sp³-hybridized carbons (Fsp3) is 0.478. The normalized spacial score (nSPS) is 20.2. The number of hydrogen-bond donors (Lipinski definition) is 1. The van der Waals surface area contributed by atoms with Crippen LogP contribution >= 0.6 is 15.9 Å². The van der Waals surface area contributed by atoms with Gasteiger partial charge in [-0.05, 0) is 58.5 Å². The first-order valence-electron chi connectivity index (χ1n) is 11.2. The van der Waals surface area contributed by atoms with E-state index in [9.17, 15) is 0 Å². The van der Waals surface area contributed by atoms with Crippen molar-refractivity contribution < 1.29 is 4.74 Å². The monoisotopic (exact) mass is 482 g/mol. The second-order valence-corrected chi connectivity index (χ2v) is 9.64. The zero-order valence-corrected chi connectivity index (χ0v) is 19.1. The summed E-state index contributed by atoms with van der Waals surface area (Å²) < 4.78 is 8.46. The first-order chi connectivity index (χ1) is 15.2. The van der Waals surface area contributed by atoms with Gasteiger partial charge in [0.1, 0.15) is 4.60 Å². The minimum absolute atomic E-state index is 0.622. The summed E-state index contributed by atoms with van der Waals surface area (Å²) in [5, 5.41) is 3.46. The van der Waals surface area contributed by atoms with Gasteiger partial charge in [-0.2, -0.15) is 0 Å². The Hall–Kier alpha value is -2.16. The molecule has 3 fully saturated rings. The molecule has 5 heterocycles. The fourth-order valence-electron chi connectivity index (χ4n) is 4.58. The van der Waals surface area contributed by atoms with Gasteiger partial charge in [0.15, 0.2) is 5.65 Å². The number of aromatic nitrogens is 3. The van der Waals surface area contributed by atoms with Crippen LogP contribution in [0.3, 0.4) is 0 Å². The van der Waals surface area contributed by atoms with Crippen LogP contribution in [-0.2, 0) is 11.3 Å². The quantitative estimate of drug-likeness (QED) is 0.542. The van der Waals surface area contributed by atoms with E-state index in [1.54, 1.807) is 6.20 Å². The average molecular weight is 483 g/mol. The van der Waals surface area contributed by atoms with E-state index in [0.29, 0.717) is 12.6 Å². The van der Waals surface area contributed by atoms with Crippen molar-refractivity contribution in [3.63, 3.8) is 0 Å². The second kappa shape index (κ2) is 8.07. The number of imidazole rings is 1. The molecule has 1 aliphatic carbocycles. The number of halogens is 1. The van der Waals surface area contributed by atoms with Crippen LogP contribution in [0.2, 0.25) is 0 Å². The van der Waals surface area contributed by atoms with Crippen LogP contribution < -0.4 is 10.2 Å². The molecule has 1 saturated carbocycles. The lowest BCUT2D eigenvalue weighted by Crippen LogP contribution is -2.56. The summed E-state index contributed by atoms with van der Waals surface area (Å²) in [4.78, 5) is 14.3. The van der Waals surface area contributed by atoms with Crippen LogP contribution in [0.15, 0.2) is 41.4 Å². The van der Waals surface area contributed by atoms with Gasteiger partial charge in [0.2, 0.25) is 0 Å². The van der Waals surface area contributed by atoms with Crippen LogP contribution in [-0.4, -0.2) is 64.7 Å². The topological polar surface area (TPSA) is 57.9 Å². The number of nitrogens with one attached hydrogen (secondary N) is 1. The van der Waals surface area contributed by atoms with Crippen molar-refractivity contribution in [2.24, 2.45) is 0 Å². The Kier molecular flexibility index (Phi) is 5.08. The van der Waals surface area contributed by atoms with E-state index >= 15 is 0 Å². The lowest BCUT2D eigenvalue weighted by Gasteiger charge is -2.43. The second-order valence-electron chi connectivity index (χ2n) is 8.83. The van der Waals surface area contributed by atoms with Crippen LogP contribution in [0.4, 0.5) is 11.4 Å². The molecule has 7 nitrogen and oxygen atoms in total. The third-order valence-corrected chi connectivity index (χ3v) is 7.08. The van der Waals surface area contributed by atoms with Gasteiger partial charge < -0.3 is 19.4 Å². The predicted molar refractivity (Wildman–Crippen MR) is 125 cm³/mol. The molecule has 8 heteroatoms. The molecule has 6 rings (SSSR count). The van der Waals surface area contributed by atoms with Crippen molar-refractivity contribution in [2.45, 2.75) is 31.3 Å². The zero-order valence-electron chi connectivity index (χ0n) is 17.5. The van der Waals surface area contributed by atoms with E-state index in [4.69, 9.17) is 9.72 Å². The first kappa shape index (κ1) is 19.5. The Morgan fingerprint density at radius 2 is 1.94 bits per heavy atom. The van der Waals surface area contributed by atoms with Gasteiger partial charge in [-0.15, -0.1) is 0 Å². The summed E-state index contributed by atoms with van der Waals surface area (Å²) in [6.07, 6.45) is 8.88. The SMILES string of the molecule is Brc1cc(NCc2cn3cc(C4CC4)cc(N4CCN(C5COC5)CC4)c3n2)ccn1. The number of nitrogens with zero attached hydrogens (tertiary/aromatic N) is 5. The van der Waals surface area contributed by atoms with Crippen molar-refractivity contribution >= 4 is 33.0 Å². The molecular weight excluding hydrogens is 456 g/mol. The summed E-state index contributed by atoms with van der Waals surface area (Å²) in [7, 11) is 0. The van der Waals surface area contributed by atoms with Gasteiger partial charge in [-0.3, -0.25) is 4.90 Å². The molecule has 0 spiro atoms. The molecule has 0 atom stereocenters. The predicted octanol–water partition coefficient (Wildman–Crippen LogP) is 3.50. The Morgan fingerprint density at radius 1 is 1.10 bits per heavy atom. The van der Waals surface area contributed by atoms with Crippen molar-refractivity contribution in [2.75, 3.05) is 49.6 Å². The Balaban J connectivity index is 1.25. The van der Waals surface area contributed by atoms with Crippen molar-refractivity contribution in [3.05, 3.63) is 52.7 Å². The highest BCUT2D eigenvalue weighted by atomic mass is 79.9. The Morgan fingerprint density at radius 3 is 2.65 bits per heavy atom. The van der Waals surface area contributed by atoms with Gasteiger partial charge in [-0.1, -0.05) is 0 Å². The number of rotatable bonds is 6. The minimum atomic E-state index is 0.622. The maximum Gasteiger partial charge on any atom is 0.160 e. The first-order valence-corrected chi connectivity index (χ1v) is 12.0. The van der Waals surface area contributed by atoms with Crippen LogP contribution in [0.25, 0.3) is 5.65 Å². The summed E-state index contributed by atoms with van der Waals surface area (Å²) >= 11 is 3.43. The molecule has 3 aliphatic rings.